The van der Waals surface area contributed by atoms with Gasteiger partial charge in [0.05, 0.1) is 5.54 Å². The summed E-state index contributed by atoms with van der Waals surface area (Å²) >= 11 is 0. The van der Waals surface area contributed by atoms with Crippen LogP contribution in [-0.2, 0) is 12.1 Å². The van der Waals surface area contributed by atoms with E-state index in [1.165, 1.54) is 35.1 Å². The molecular formula is C26H27N. The van der Waals surface area contributed by atoms with Crippen molar-refractivity contribution in [3.05, 3.63) is 114 Å². The van der Waals surface area contributed by atoms with Crippen LogP contribution in [0.4, 0.5) is 0 Å². The third-order valence-electron chi connectivity index (χ3n) is 5.80. The maximum atomic E-state index is 4.53. The zero-order chi connectivity index (χ0) is 18.7. The van der Waals surface area contributed by atoms with Gasteiger partial charge in [-0.3, -0.25) is 0 Å². The Morgan fingerprint density at radius 2 is 1.44 bits per heavy atom. The van der Waals surface area contributed by atoms with Crippen molar-refractivity contribution in [3.8, 4) is 0 Å². The van der Waals surface area contributed by atoms with Crippen LogP contribution in [0.1, 0.15) is 48.4 Å². The van der Waals surface area contributed by atoms with Crippen molar-refractivity contribution >= 4 is 5.70 Å². The Labute approximate surface area is 163 Å². The molecule has 1 heteroatoms. The molecule has 4 rings (SSSR count). The van der Waals surface area contributed by atoms with Crippen LogP contribution in [0.3, 0.4) is 0 Å². The molecule has 3 aromatic rings. The van der Waals surface area contributed by atoms with Crippen molar-refractivity contribution in [1.82, 2.24) is 4.90 Å². The summed E-state index contributed by atoms with van der Waals surface area (Å²) in [6.07, 6.45) is 3.46. The van der Waals surface area contributed by atoms with Gasteiger partial charge in [0.1, 0.15) is 0 Å². The summed E-state index contributed by atoms with van der Waals surface area (Å²) in [7, 11) is 0. The van der Waals surface area contributed by atoms with E-state index in [1.54, 1.807) is 0 Å². The summed E-state index contributed by atoms with van der Waals surface area (Å²) in [5, 5.41) is 0. The monoisotopic (exact) mass is 353 g/mol. The first-order valence-corrected chi connectivity index (χ1v) is 9.93. The van der Waals surface area contributed by atoms with Gasteiger partial charge in [-0.15, -0.1) is 0 Å². The number of nitrogens with zero attached hydrogens (tertiary/aromatic N) is 1. The highest BCUT2D eigenvalue weighted by molar-refractivity contribution is 5.74. The molecule has 27 heavy (non-hydrogen) atoms. The van der Waals surface area contributed by atoms with Crippen molar-refractivity contribution in [1.29, 1.82) is 0 Å². The zero-order valence-electron chi connectivity index (χ0n) is 16.1. The predicted molar refractivity (Wildman–Crippen MR) is 114 cm³/mol. The zero-order valence-corrected chi connectivity index (χ0v) is 16.1. The molecule has 0 radical (unpaired) electrons. The first-order valence-electron chi connectivity index (χ1n) is 9.93. The SMILES string of the molecule is C=C1c2ccccc2C(CCCC)(c2ccccc2)N1Cc1ccccc1. The highest BCUT2D eigenvalue weighted by Gasteiger charge is 2.47. The minimum Gasteiger partial charge on any atom is -0.353 e. The topological polar surface area (TPSA) is 3.24 Å². The van der Waals surface area contributed by atoms with Gasteiger partial charge in [0, 0.05) is 17.8 Å². The number of unbranched alkanes of at least 4 members (excludes halogenated alkanes) is 1. The molecule has 1 aliphatic heterocycles. The lowest BCUT2D eigenvalue weighted by Gasteiger charge is -2.42. The van der Waals surface area contributed by atoms with Crippen LogP contribution >= 0.6 is 0 Å². The summed E-state index contributed by atoms with van der Waals surface area (Å²) < 4.78 is 0. The molecule has 1 unspecified atom stereocenters. The van der Waals surface area contributed by atoms with E-state index in [4.69, 9.17) is 0 Å². The Balaban J connectivity index is 1.90. The van der Waals surface area contributed by atoms with Crippen molar-refractivity contribution in [3.63, 3.8) is 0 Å². The molecule has 1 atom stereocenters. The van der Waals surface area contributed by atoms with Gasteiger partial charge in [0.2, 0.25) is 0 Å². The number of benzene rings is 3. The summed E-state index contributed by atoms with van der Waals surface area (Å²) in [5.41, 5.74) is 6.35. The fraction of sp³-hybridized carbons (Fsp3) is 0.231. The van der Waals surface area contributed by atoms with Crippen LogP contribution in [-0.4, -0.2) is 4.90 Å². The van der Waals surface area contributed by atoms with E-state index in [1.807, 2.05) is 0 Å². The Morgan fingerprint density at radius 3 is 2.15 bits per heavy atom. The summed E-state index contributed by atoms with van der Waals surface area (Å²) in [5.74, 6) is 0. The molecule has 0 fully saturated rings. The molecule has 0 saturated heterocycles. The molecule has 0 N–H and O–H groups in total. The quantitative estimate of drug-likeness (QED) is 0.482. The lowest BCUT2D eigenvalue weighted by Crippen LogP contribution is -2.41. The maximum Gasteiger partial charge on any atom is 0.0916 e. The number of rotatable bonds is 6. The maximum absolute atomic E-state index is 4.53. The van der Waals surface area contributed by atoms with Crippen molar-refractivity contribution in [2.45, 2.75) is 38.3 Å². The molecule has 1 nitrogen and oxygen atoms in total. The van der Waals surface area contributed by atoms with Gasteiger partial charge in [-0.2, -0.15) is 0 Å². The predicted octanol–water partition coefficient (Wildman–Crippen LogP) is 6.61. The Kier molecular flexibility index (Phi) is 4.85. The van der Waals surface area contributed by atoms with Crippen molar-refractivity contribution in [2.24, 2.45) is 0 Å². The number of fused-ring (bicyclic) bond motifs is 1. The molecule has 0 saturated carbocycles. The molecular weight excluding hydrogens is 326 g/mol. The van der Waals surface area contributed by atoms with Crippen LogP contribution in [0, 0.1) is 0 Å². The Hall–Kier alpha value is -2.80. The fourth-order valence-electron chi connectivity index (χ4n) is 4.48. The normalized spacial score (nSPS) is 18.6. The van der Waals surface area contributed by atoms with E-state index < -0.39 is 0 Å². The average molecular weight is 354 g/mol. The van der Waals surface area contributed by atoms with Gasteiger partial charge < -0.3 is 4.90 Å². The highest BCUT2D eigenvalue weighted by Crippen LogP contribution is 2.52. The van der Waals surface area contributed by atoms with E-state index in [-0.39, 0.29) is 5.54 Å². The first kappa shape index (κ1) is 17.6. The Morgan fingerprint density at radius 1 is 0.815 bits per heavy atom. The first-order chi connectivity index (χ1) is 13.3. The third kappa shape index (κ3) is 2.98. The second kappa shape index (κ2) is 7.44. The van der Waals surface area contributed by atoms with Crippen molar-refractivity contribution < 1.29 is 0 Å². The van der Waals surface area contributed by atoms with Crippen molar-refractivity contribution in [2.75, 3.05) is 0 Å². The highest BCUT2D eigenvalue weighted by atomic mass is 15.2. The van der Waals surface area contributed by atoms with Gasteiger partial charge in [-0.25, -0.2) is 0 Å². The van der Waals surface area contributed by atoms with Crippen LogP contribution in [0.2, 0.25) is 0 Å². The lowest BCUT2D eigenvalue weighted by atomic mass is 9.78. The molecule has 0 spiro atoms. The molecule has 136 valence electrons. The molecule has 3 aromatic carbocycles. The van der Waals surface area contributed by atoms with Gasteiger partial charge >= 0.3 is 0 Å². The average Bonchev–Trinajstić information content (AvgIpc) is 2.97. The third-order valence-corrected chi connectivity index (χ3v) is 5.80. The minimum atomic E-state index is -0.152. The van der Waals surface area contributed by atoms with E-state index in [0.29, 0.717) is 0 Å². The van der Waals surface area contributed by atoms with Gasteiger partial charge in [-0.05, 0) is 23.1 Å². The molecule has 0 aromatic heterocycles. The van der Waals surface area contributed by atoms with Crippen LogP contribution in [0.5, 0.6) is 0 Å². The second-order valence-electron chi connectivity index (χ2n) is 7.39. The summed E-state index contributed by atoms with van der Waals surface area (Å²) in [6, 6.07) is 30.6. The molecule has 0 bridgehead atoms. The Bertz CT molecular complexity index is 913. The van der Waals surface area contributed by atoms with Crippen LogP contribution in [0.15, 0.2) is 91.5 Å². The van der Waals surface area contributed by atoms with Gasteiger partial charge in [-0.1, -0.05) is 111 Å². The number of hydrogen-bond donors (Lipinski definition) is 0. The smallest absolute Gasteiger partial charge is 0.0916 e. The minimum absolute atomic E-state index is 0.152. The summed E-state index contributed by atoms with van der Waals surface area (Å²) in [4.78, 5) is 2.54. The van der Waals surface area contributed by atoms with Gasteiger partial charge in [0.25, 0.3) is 0 Å². The standard InChI is InChI=1S/C26H27N/c1-3-4-19-26(23-15-9-6-10-16-23)25-18-12-11-17-24(25)21(2)27(26)20-22-13-7-5-8-14-22/h5-18H,2-4,19-20H2,1H3. The van der Waals surface area contributed by atoms with Crippen LogP contribution in [0.25, 0.3) is 5.70 Å². The molecule has 1 heterocycles. The second-order valence-corrected chi connectivity index (χ2v) is 7.39. The van der Waals surface area contributed by atoms with E-state index in [0.717, 1.165) is 18.7 Å². The molecule has 1 aliphatic rings. The lowest BCUT2D eigenvalue weighted by molar-refractivity contribution is 0.194. The fourth-order valence-corrected chi connectivity index (χ4v) is 4.48. The van der Waals surface area contributed by atoms with E-state index in [2.05, 4.69) is 103 Å². The van der Waals surface area contributed by atoms with E-state index in [9.17, 15) is 0 Å². The van der Waals surface area contributed by atoms with Gasteiger partial charge in [0.15, 0.2) is 0 Å². The molecule has 0 amide bonds. The summed E-state index contributed by atoms with van der Waals surface area (Å²) in [6.45, 7) is 7.67. The largest absolute Gasteiger partial charge is 0.353 e. The molecule has 0 aliphatic carbocycles. The number of hydrogen-bond acceptors (Lipinski definition) is 1. The van der Waals surface area contributed by atoms with Crippen LogP contribution < -0.4 is 0 Å². The van der Waals surface area contributed by atoms with E-state index >= 15 is 0 Å².